The van der Waals surface area contributed by atoms with Crippen molar-refractivity contribution >= 4 is 11.7 Å². The Hall–Kier alpha value is -2.37. The third kappa shape index (κ3) is 3.54. The van der Waals surface area contributed by atoms with Gasteiger partial charge in [0.05, 0.1) is 6.54 Å². The van der Waals surface area contributed by atoms with Crippen LogP contribution in [0.25, 0.3) is 0 Å². The summed E-state index contributed by atoms with van der Waals surface area (Å²) >= 11 is 0. The van der Waals surface area contributed by atoms with Crippen molar-refractivity contribution in [3.63, 3.8) is 0 Å². The summed E-state index contributed by atoms with van der Waals surface area (Å²) in [6.45, 7) is 2.59. The quantitative estimate of drug-likeness (QED) is 0.844. The van der Waals surface area contributed by atoms with Crippen molar-refractivity contribution in [3.05, 3.63) is 42.4 Å². The molecular weight excluding hydrogens is 242 g/mol. The number of pyridine rings is 1. The summed E-state index contributed by atoms with van der Waals surface area (Å²) < 4.78 is 1.79. The first-order chi connectivity index (χ1) is 9.19. The third-order valence-electron chi connectivity index (χ3n) is 2.68. The molecule has 0 spiro atoms. The van der Waals surface area contributed by atoms with Gasteiger partial charge in [-0.05, 0) is 25.1 Å². The maximum absolute atomic E-state index is 12.1. The van der Waals surface area contributed by atoms with Gasteiger partial charge >= 0.3 is 0 Å². The molecule has 2 N–H and O–H groups in total. The molecule has 0 saturated carbocycles. The van der Waals surface area contributed by atoms with E-state index in [1.807, 2.05) is 19.2 Å². The van der Waals surface area contributed by atoms with E-state index in [0.717, 1.165) is 0 Å². The number of anilines is 1. The Balaban J connectivity index is 1.96. The first kappa shape index (κ1) is 13.1. The Kier molecular flexibility index (Phi) is 4.12. The van der Waals surface area contributed by atoms with E-state index in [9.17, 15) is 4.79 Å². The zero-order valence-corrected chi connectivity index (χ0v) is 11.0. The van der Waals surface area contributed by atoms with Crippen LogP contribution in [0.2, 0.25) is 0 Å². The van der Waals surface area contributed by atoms with Gasteiger partial charge in [-0.2, -0.15) is 5.10 Å². The predicted molar refractivity (Wildman–Crippen MR) is 72.9 cm³/mol. The van der Waals surface area contributed by atoms with Crippen LogP contribution in [0.1, 0.15) is 17.3 Å². The predicted octanol–water partition coefficient (Wildman–Crippen LogP) is 1.14. The fraction of sp³-hybridized carbons (Fsp3) is 0.308. The number of nitrogens with one attached hydrogen (secondary N) is 2. The molecular formula is C13H17N5O. The Labute approximate surface area is 111 Å². The molecule has 0 saturated heterocycles. The Morgan fingerprint density at radius 1 is 1.47 bits per heavy atom. The molecule has 2 heterocycles. The zero-order chi connectivity index (χ0) is 13.7. The van der Waals surface area contributed by atoms with E-state index in [0.29, 0.717) is 17.9 Å². The number of carbonyl (C=O) groups is 1. The number of hydrogen-bond acceptors (Lipinski definition) is 4. The van der Waals surface area contributed by atoms with Gasteiger partial charge in [0, 0.05) is 37.2 Å². The highest BCUT2D eigenvalue weighted by molar-refractivity contribution is 5.94. The van der Waals surface area contributed by atoms with Gasteiger partial charge in [0.2, 0.25) is 0 Å². The van der Waals surface area contributed by atoms with Crippen molar-refractivity contribution < 1.29 is 4.79 Å². The Morgan fingerprint density at radius 3 is 3.00 bits per heavy atom. The van der Waals surface area contributed by atoms with Crippen LogP contribution in [-0.2, 0) is 6.54 Å². The minimum atomic E-state index is -0.112. The van der Waals surface area contributed by atoms with Gasteiger partial charge in [0.15, 0.2) is 0 Å². The molecule has 2 aromatic rings. The Bertz CT molecular complexity index is 538. The van der Waals surface area contributed by atoms with Crippen molar-refractivity contribution in [1.29, 1.82) is 0 Å². The van der Waals surface area contributed by atoms with Crippen molar-refractivity contribution in [2.75, 3.05) is 12.4 Å². The molecule has 0 aliphatic heterocycles. The van der Waals surface area contributed by atoms with E-state index in [1.165, 1.54) is 0 Å². The molecule has 1 atom stereocenters. The van der Waals surface area contributed by atoms with Gasteiger partial charge < -0.3 is 10.6 Å². The molecule has 6 heteroatoms. The number of nitrogens with zero attached hydrogens (tertiary/aromatic N) is 3. The third-order valence-corrected chi connectivity index (χ3v) is 2.68. The van der Waals surface area contributed by atoms with Crippen molar-refractivity contribution in [2.45, 2.75) is 19.5 Å². The molecule has 0 aromatic carbocycles. The summed E-state index contributed by atoms with van der Waals surface area (Å²) in [5, 5.41) is 9.95. The largest absolute Gasteiger partial charge is 0.373 e. The molecule has 100 valence electrons. The van der Waals surface area contributed by atoms with Gasteiger partial charge in [-0.15, -0.1) is 0 Å². The molecule has 6 nitrogen and oxygen atoms in total. The molecule has 0 bridgehead atoms. The van der Waals surface area contributed by atoms with E-state index >= 15 is 0 Å². The minimum Gasteiger partial charge on any atom is -0.373 e. The number of aromatic nitrogens is 3. The van der Waals surface area contributed by atoms with E-state index in [2.05, 4.69) is 20.7 Å². The van der Waals surface area contributed by atoms with E-state index in [-0.39, 0.29) is 11.9 Å². The lowest BCUT2D eigenvalue weighted by molar-refractivity contribution is 0.0936. The van der Waals surface area contributed by atoms with Crippen LogP contribution in [0.3, 0.4) is 0 Å². The van der Waals surface area contributed by atoms with Crippen LogP contribution in [-0.4, -0.2) is 33.8 Å². The van der Waals surface area contributed by atoms with E-state index in [4.69, 9.17) is 0 Å². The topological polar surface area (TPSA) is 71.8 Å². The average molecular weight is 259 g/mol. The van der Waals surface area contributed by atoms with E-state index in [1.54, 1.807) is 36.3 Å². The SMILES string of the molecule is CNc1cc(C(=O)NC(C)Cn2cccn2)ccn1. The van der Waals surface area contributed by atoms with Crippen molar-refractivity contribution in [2.24, 2.45) is 0 Å². The second kappa shape index (κ2) is 5.99. The highest BCUT2D eigenvalue weighted by Gasteiger charge is 2.10. The Morgan fingerprint density at radius 2 is 2.32 bits per heavy atom. The van der Waals surface area contributed by atoms with Crippen molar-refractivity contribution in [3.8, 4) is 0 Å². The first-order valence-electron chi connectivity index (χ1n) is 6.11. The zero-order valence-electron chi connectivity index (χ0n) is 11.0. The van der Waals surface area contributed by atoms with Crippen LogP contribution in [0.5, 0.6) is 0 Å². The molecule has 0 fully saturated rings. The van der Waals surface area contributed by atoms with Crippen LogP contribution in [0.15, 0.2) is 36.8 Å². The fourth-order valence-electron chi connectivity index (χ4n) is 1.75. The van der Waals surface area contributed by atoms with Crippen LogP contribution >= 0.6 is 0 Å². The fourth-order valence-corrected chi connectivity index (χ4v) is 1.75. The molecule has 2 aromatic heterocycles. The normalized spacial score (nSPS) is 11.9. The van der Waals surface area contributed by atoms with Gasteiger partial charge in [-0.25, -0.2) is 4.98 Å². The molecule has 1 amide bonds. The molecule has 0 aliphatic carbocycles. The summed E-state index contributed by atoms with van der Waals surface area (Å²) in [4.78, 5) is 16.1. The minimum absolute atomic E-state index is 0.00130. The molecule has 19 heavy (non-hydrogen) atoms. The number of carbonyl (C=O) groups excluding carboxylic acids is 1. The maximum Gasteiger partial charge on any atom is 0.251 e. The maximum atomic E-state index is 12.1. The molecule has 0 radical (unpaired) electrons. The summed E-state index contributed by atoms with van der Waals surface area (Å²) in [6.07, 6.45) is 5.20. The summed E-state index contributed by atoms with van der Waals surface area (Å²) in [7, 11) is 1.77. The summed E-state index contributed by atoms with van der Waals surface area (Å²) in [5.41, 5.74) is 0.590. The van der Waals surface area contributed by atoms with Crippen LogP contribution in [0, 0.1) is 0 Å². The lowest BCUT2D eigenvalue weighted by atomic mass is 10.2. The van der Waals surface area contributed by atoms with Gasteiger partial charge in [0.25, 0.3) is 5.91 Å². The average Bonchev–Trinajstić information content (AvgIpc) is 2.91. The number of rotatable bonds is 5. The lowest BCUT2D eigenvalue weighted by Crippen LogP contribution is -2.35. The standard InChI is InChI=1S/C13H17N5O/c1-10(9-18-7-3-5-16-18)17-13(19)11-4-6-15-12(8-11)14-2/h3-8,10H,9H2,1-2H3,(H,14,15)(H,17,19). The molecule has 2 rings (SSSR count). The monoisotopic (exact) mass is 259 g/mol. The molecule has 0 aliphatic rings. The number of amides is 1. The second-order valence-corrected chi connectivity index (χ2v) is 4.28. The van der Waals surface area contributed by atoms with E-state index < -0.39 is 0 Å². The summed E-state index contributed by atoms with van der Waals surface area (Å²) in [5.74, 6) is 0.561. The first-order valence-corrected chi connectivity index (χ1v) is 6.11. The van der Waals surface area contributed by atoms with Crippen molar-refractivity contribution in [1.82, 2.24) is 20.1 Å². The van der Waals surface area contributed by atoms with Gasteiger partial charge in [0.1, 0.15) is 5.82 Å². The summed E-state index contributed by atoms with van der Waals surface area (Å²) in [6, 6.07) is 5.27. The van der Waals surface area contributed by atoms with Crippen LogP contribution < -0.4 is 10.6 Å². The highest BCUT2D eigenvalue weighted by Crippen LogP contribution is 2.06. The molecule has 1 unspecified atom stereocenters. The second-order valence-electron chi connectivity index (χ2n) is 4.28. The lowest BCUT2D eigenvalue weighted by Gasteiger charge is -2.14. The highest BCUT2D eigenvalue weighted by atomic mass is 16.1. The smallest absolute Gasteiger partial charge is 0.251 e. The number of hydrogen-bond donors (Lipinski definition) is 2. The van der Waals surface area contributed by atoms with Crippen LogP contribution in [0.4, 0.5) is 5.82 Å². The van der Waals surface area contributed by atoms with Gasteiger partial charge in [-0.1, -0.05) is 0 Å². The van der Waals surface area contributed by atoms with Gasteiger partial charge in [-0.3, -0.25) is 9.48 Å².